The fourth-order valence-corrected chi connectivity index (χ4v) is 2.81. The van der Waals surface area contributed by atoms with Gasteiger partial charge in [0.25, 0.3) is 0 Å². The lowest BCUT2D eigenvalue weighted by Gasteiger charge is -2.08. The van der Waals surface area contributed by atoms with Crippen molar-refractivity contribution in [1.29, 1.82) is 0 Å². The van der Waals surface area contributed by atoms with Gasteiger partial charge in [0.05, 0.1) is 0 Å². The first-order valence-electron chi connectivity index (χ1n) is 6.87. The summed E-state index contributed by atoms with van der Waals surface area (Å²) in [6.07, 6.45) is 2.93. The molecule has 0 fully saturated rings. The van der Waals surface area contributed by atoms with Crippen molar-refractivity contribution in [2.24, 2.45) is 0 Å². The molecule has 112 valence electrons. The van der Waals surface area contributed by atoms with E-state index in [1.54, 1.807) is 25.3 Å². The number of aryl methyl sites for hydroxylation is 1. The van der Waals surface area contributed by atoms with Crippen LogP contribution in [0.1, 0.15) is 18.4 Å². The first-order valence-corrected chi connectivity index (χ1v) is 7.62. The first-order chi connectivity index (χ1) is 10.1. The molecule has 2 aromatic carbocycles. The second-order valence-electron chi connectivity index (χ2n) is 5.00. The van der Waals surface area contributed by atoms with Crippen LogP contribution in [-0.4, -0.2) is 18.8 Å². The molecule has 0 radical (unpaired) electrons. The highest BCUT2D eigenvalue weighted by molar-refractivity contribution is 6.35. The molecule has 0 aliphatic rings. The molecule has 4 heteroatoms. The van der Waals surface area contributed by atoms with E-state index in [2.05, 4.69) is 6.07 Å². The fraction of sp³-hybridized carbons (Fsp3) is 0.294. The Morgan fingerprint density at radius 3 is 2.24 bits per heavy atom. The van der Waals surface area contributed by atoms with Crippen molar-refractivity contribution in [3.63, 3.8) is 0 Å². The molecule has 0 saturated heterocycles. The smallest absolute Gasteiger partial charge is 0.116 e. The molecule has 0 aliphatic carbocycles. The third-order valence-corrected chi connectivity index (χ3v) is 3.67. The van der Waals surface area contributed by atoms with Crippen molar-refractivity contribution >= 4 is 23.2 Å². The third-order valence-electron chi connectivity index (χ3n) is 3.24. The van der Waals surface area contributed by atoms with Crippen LogP contribution in [0.4, 0.5) is 0 Å². The summed E-state index contributed by atoms with van der Waals surface area (Å²) in [6.45, 7) is 0.759. The molecule has 2 aromatic rings. The van der Waals surface area contributed by atoms with E-state index in [0.717, 1.165) is 42.6 Å². The average molecular weight is 325 g/mol. The van der Waals surface area contributed by atoms with Gasteiger partial charge in [-0.2, -0.15) is 0 Å². The van der Waals surface area contributed by atoms with E-state index in [1.165, 1.54) is 0 Å². The van der Waals surface area contributed by atoms with Crippen LogP contribution in [0.25, 0.3) is 11.1 Å². The minimum atomic E-state index is 0.255. The Morgan fingerprint density at radius 1 is 0.905 bits per heavy atom. The lowest BCUT2D eigenvalue weighted by atomic mass is 10.00. The number of methoxy groups -OCH3 is 1. The summed E-state index contributed by atoms with van der Waals surface area (Å²) in [4.78, 5) is 0. The van der Waals surface area contributed by atoms with Gasteiger partial charge in [-0.25, -0.2) is 0 Å². The Labute approximate surface area is 135 Å². The molecule has 2 nitrogen and oxygen atoms in total. The lowest BCUT2D eigenvalue weighted by Crippen LogP contribution is -1.92. The molecule has 0 amide bonds. The predicted molar refractivity (Wildman–Crippen MR) is 88.4 cm³/mol. The number of benzene rings is 2. The van der Waals surface area contributed by atoms with Crippen LogP contribution < -0.4 is 0 Å². The summed E-state index contributed by atoms with van der Waals surface area (Å²) in [6, 6.07) is 11.0. The van der Waals surface area contributed by atoms with E-state index >= 15 is 0 Å². The zero-order chi connectivity index (χ0) is 15.2. The van der Waals surface area contributed by atoms with Gasteiger partial charge >= 0.3 is 0 Å². The molecule has 0 atom stereocenters. The van der Waals surface area contributed by atoms with Gasteiger partial charge in [-0.1, -0.05) is 29.3 Å². The fourth-order valence-electron chi connectivity index (χ4n) is 2.28. The van der Waals surface area contributed by atoms with Crippen LogP contribution in [0.3, 0.4) is 0 Å². The van der Waals surface area contributed by atoms with E-state index in [0.29, 0.717) is 10.0 Å². The zero-order valence-electron chi connectivity index (χ0n) is 11.9. The van der Waals surface area contributed by atoms with Gasteiger partial charge in [-0.15, -0.1) is 0 Å². The largest absolute Gasteiger partial charge is 0.508 e. The van der Waals surface area contributed by atoms with Gasteiger partial charge < -0.3 is 9.84 Å². The van der Waals surface area contributed by atoms with Crippen LogP contribution in [-0.2, 0) is 11.2 Å². The van der Waals surface area contributed by atoms with Gasteiger partial charge in [-0.3, -0.25) is 0 Å². The molecular formula is C17H18Cl2O2. The molecule has 0 aliphatic heterocycles. The van der Waals surface area contributed by atoms with Gasteiger partial charge in [0.15, 0.2) is 0 Å². The molecule has 0 spiro atoms. The summed E-state index contributed by atoms with van der Waals surface area (Å²) in [5.74, 6) is 0.255. The zero-order valence-corrected chi connectivity index (χ0v) is 13.4. The number of phenolic OH excluding ortho intramolecular Hbond substituents is 1. The standard InChI is InChI=1S/C17H18Cl2O2/c1-21-5-3-2-4-12-6-13(10-17(20)7-12)14-8-15(18)11-16(19)9-14/h6-11,20H,2-5H2,1H3. The van der Waals surface area contributed by atoms with Gasteiger partial charge in [0.1, 0.15) is 5.75 Å². The Bertz CT molecular complexity index is 591. The molecule has 21 heavy (non-hydrogen) atoms. The van der Waals surface area contributed by atoms with Crippen molar-refractivity contribution in [1.82, 2.24) is 0 Å². The summed E-state index contributed by atoms with van der Waals surface area (Å²) in [7, 11) is 1.70. The van der Waals surface area contributed by atoms with Crippen LogP contribution in [0.2, 0.25) is 10.0 Å². The minimum absolute atomic E-state index is 0.255. The van der Waals surface area contributed by atoms with E-state index in [4.69, 9.17) is 27.9 Å². The van der Waals surface area contributed by atoms with Crippen molar-refractivity contribution in [2.45, 2.75) is 19.3 Å². The number of hydrogen-bond donors (Lipinski definition) is 1. The van der Waals surface area contributed by atoms with E-state index < -0.39 is 0 Å². The molecule has 0 unspecified atom stereocenters. The van der Waals surface area contributed by atoms with Crippen LogP contribution in [0, 0.1) is 0 Å². The van der Waals surface area contributed by atoms with E-state index in [-0.39, 0.29) is 5.75 Å². The van der Waals surface area contributed by atoms with Crippen LogP contribution in [0.5, 0.6) is 5.75 Å². The normalized spacial score (nSPS) is 10.8. The number of aromatic hydroxyl groups is 1. The highest BCUT2D eigenvalue weighted by Crippen LogP contribution is 2.30. The van der Waals surface area contributed by atoms with Crippen LogP contribution in [0.15, 0.2) is 36.4 Å². The highest BCUT2D eigenvalue weighted by atomic mass is 35.5. The molecule has 0 bridgehead atoms. The molecule has 1 N–H and O–H groups in total. The van der Waals surface area contributed by atoms with Gasteiger partial charge in [0.2, 0.25) is 0 Å². The topological polar surface area (TPSA) is 29.5 Å². The van der Waals surface area contributed by atoms with Gasteiger partial charge in [-0.05, 0) is 66.3 Å². The Morgan fingerprint density at radius 2 is 1.57 bits per heavy atom. The summed E-state index contributed by atoms with van der Waals surface area (Å²) < 4.78 is 5.04. The number of rotatable bonds is 6. The van der Waals surface area contributed by atoms with Crippen molar-refractivity contribution in [2.75, 3.05) is 13.7 Å². The molecular weight excluding hydrogens is 307 g/mol. The summed E-state index contributed by atoms with van der Waals surface area (Å²) in [5, 5.41) is 11.1. The third kappa shape index (κ3) is 4.92. The number of phenols is 1. The second-order valence-corrected chi connectivity index (χ2v) is 5.87. The molecule has 0 aromatic heterocycles. The molecule has 2 rings (SSSR count). The van der Waals surface area contributed by atoms with E-state index in [1.807, 2.05) is 12.1 Å². The second kappa shape index (κ2) is 7.69. The van der Waals surface area contributed by atoms with Gasteiger partial charge in [0, 0.05) is 23.8 Å². The molecule has 0 saturated carbocycles. The van der Waals surface area contributed by atoms with Crippen molar-refractivity contribution < 1.29 is 9.84 Å². The Kier molecular flexibility index (Phi) is 5.92. The van der Waals surface area contributed by atoms with E-state index in [9.17, 15) is 5.11 Å². The maximum atomic E-state index is 9.91. The average Bonchev–Trinajstić information content (AvgIpc) is 2.42. The van der Waals surface area contributed by atoms with Crippen LogP contribution >= 0.6 is 23.2 Å². The maximum absolute atomic E-state index is 9.91. The Hall–Kier alpha value is -1.22. The lowest BCUT2D eigenvalue weighted by molar-refractivity contribution is 0.193. The number of unbranched alkanes of at least 4 members (excludes halogenated alkanes) is 1. The summed E-state index contributed by atoms with van der Waals surface area (Å²) >= 11 is 12.1. The number of ether oxygens (including phenoxy) is 1. The Balaban J connectivity index is 2.21. The highest BCUT2D eigenvalue weighted by Gasteiger charge is 2.05. The molecule has 0 heterocycles. The maximum Gasteiger partial charge on any atom is 0.116 e. The number of halogens is 2. The first kappa shape index (κ1) is 16.2. The number of hydrogen-bond acceptors (Lipinski definition) is 2. The summed E-state index contributed by atoms with van der Waals surface area (Å²) in [5.41, 5.74) is 2.92. The monoisotopic (exact) mass is 324 g/mol. The van der Waals surface area contributed by atoms with Crippen molar-refractivity contribution in [3.05, 3.63) is 52.0 Å². The predicted octanol–water partition coefficient (Wildman–Crippen LogP) is 5.34. The SMILES string of the molecule is COCCCCc1cc(O)cc(-c2cc(Cl)cc(Cl)c2)c1. The quantitative estimate of drug-likeness (QED) is 0.727. The minimum Gasteiger partial charge on any atom is -0.508 e. The van der Waals surface area contributed by atoms with Crippen molar-refractivity contribution in [3.8, 4) is 16.9 Å².